The monoisotopic (exact) mass is 264 g/mol. The van der Waals surface area contributed by atoms with E-state index in [-0.39, 0.29) is 10.6 Å². The maximum atomic E-state index is 10.7. The Morgan fingerprint density at radius 2 is 2.33 bits per heavy atom. The van der Waals surface area contributed by atoms with Crippen LogP contribution in [0.4, 0.5) is 5.82 Å². The van der Waals surface area contributed by atoms with Crippen LogP contribution in [0.1, 0.15) is 16.1 Å². The van der Waals surface area contributed by atoms with E-state index in [1.54, 1.807) is 18.3 Å². The first-order valence-electron chi connectivity index (χ1n) is 5.06. The van der Waals surface area contributed by atoms with E-state index in [1.165, 1.54) is 12.3 Å². The molecule has 0 aliphatic heterocycles. The lowest BCUT2D eigenvalue weighted by atomic mass is 10.3. The van der Waals surface area contributed by atoms with E-state index < -0.39 is 5.97 Å². The molecule has 0 aromatic carbocycles. The van der Waals surface area contributed by atoms with E-state index in [9.17, 15) is 4.79 Å². The molecule has 2 N–H and O–H groups in total. The third-order valence-electron chi connectivity index (χ3n) is 2.15. The predicted octanol–water partition coefficient (Wildman–Crippen LogP) is 1.84. The number of carbonyl (C=O) groups is 1. The Balaban J connectivity index is 2.08. The van der Waals surface area contributed by atoms with Crippen LogP contribution < -0.4 is 5.32 Å². The van der Waals surface area contributed by atoms with Gasteiger partial charge in [0, 0.05) is 12.4 Å². The maximum absolute atomic E-state index is 10.7. The molecule has 2 aromatic rings. The largest absolute Gasteiger partial charge is 0.478 e. The lowest BCUT2D eigenvalue weighted by Crippen LogP contribution is -2.05. The summed E-state index contributed by atoms with van der Waals surface area (Å²) in [5.41, 5.74) is 0.780. The Morgan fingerprint density at radius 3 is 2.94 bits per heavy atom. The smallest absolute Gasteiger partial charge is 0.337 e. The van der Waals surface area contributed by atoms with Gasteiger partial charge in [-0.2, -0.15) is 10.2 Å². The summed E-state index contributed by atoms with van der Waals surface area (Å²) in [6.45, 7) is 0.410. The number of pyridine rings is 1. The summed E-state index contributed by atoms with van der Waals surface area (Å²) < 4.78 is 0. The predicted molar refractivity (Wildman–Crippen MR) is 65.6 cm³/mol. The van der Waals surface area contributed by atoms with E-state index in [1.807, 2.05) is 0 Å². The van der Waals surface area contributed by atoms with Gasteiger partial charge in [-0.1, -0.05) is 11.6 Å². The minimum Gasteiger partial charge on any atom is -0.478 e. The summed E-state index contributed by atoms with van der Waals surface area (Å²) in [5.74, 6) is -0.655. The van der Waals surface area contributed by atoms with Gasteiger partial charge in [-0.05, 0) is 18.2 Å². The topological polar surface area (TPSA) is 88.0 Å². The van der Waals surface area contributed by atoms with Crippen molar-refractivity contribution >= 4 is 23.4 Å². The van der Waals surface area contributed by atoms with Crippen LogP contribution in [0.25, 0.3) is 0 Å². The molecule has 2 aromatic heterocycles. The molecular formula is C11H9ClN4O2. The molecule has 2 rings (SSSR count). The number of carboxylic acid groups (broad SMARTS) is 1. The molecule has 7 heteroatoms. The summed E-state index contributed by atoms with van der Waals surface area (Å²) in [6, 6.07) is 4.92. The van der Waals surface area contributed by atoms with Gasteiger partial charge in [-0.15, -0.1) is 0 Å². The van der Waals surface area contributed by atoms with Gasteiger partial charge in [0.05, 0.1) is 22.8 Å². The van der Waals surface area contributed by atoms with Crippen LogP contribution in [-0.2, 0) is 6.54 Å². The van der Waals surface area contributed by atoms with Gasteiger partial charge < -0.3 is 10.4 Å². The molecule has 18 heavy (non-hydrogen) atoms. The molecular weight excluding hydrogens is 256 g/mol. The second-order valence-electron chi connectivity index (χ2n) is 3.43. The highest BCUT2D eigenvalue weighted by Gasteiger charge is 2.08. The zero-order valence-electron chi connectivity index (χ0n) is 9.17. The zero-order chi connectivity index (χ0) is 13.0. The summed E-state index contributed by atoms with van der Waals surface area (Å²) >= 11 is 5.92. The second kappa shape index (κ2) is 5.42. The van der Waals surface area contributed by atoms with Crippen LogP contribution in [0.3, 0.4) is 0 Å². The van der Waals surface area contributed by atoms with Crippen molar-refractivity contribution in [2.75, 3.05) is 5.32 Å². The van der Waals surface area contributed by atoms with E-state index >= 15 is 0 Å². The second-order valence-corrected chi connectivity index (χ2v) is 3.84. The van der Waals surface area contributed by atoms with Crippen molar-refractivity contribution in [3.63, 3.8) is 0 Å². The minimum absolute atomic E-state index is 0.0463. The zero-order valence-corrected chi connectivity index (χ0v) is 9.92. The maximum Gasteiger partial charge on any atom is 0.337 e. The molecule has 2 heterocycles. The lowest BCUT2D eigenvalue weighted by Gasteiger charge is -2.06. The number of halogens is 1. The SMILES string of the molecule is O=C(O)c1cnc(NCc2cccnn2)c(Cl)c1. The molecule has 0 aliphatic carbocycles. The van der Waals surface area contributed by atoms with Crippen molar-refractivity contribution in [3.05, 3.63) is 46.9 Å². The van der Waals surface area contributed by atoms with Crippen molar-refractivity contribution in [2.24, 2.45) is 0 Å². The molecule has 0 amide bonds. The fraction of sp³-hybridized carbons (Fsp3) is 0.0909. The molecule has 0 fully saturated rings. The van der Waals surface area contributed by atoms with Gasteiger partial charge in [-0.25, -0.2) is 9.78 Å². The normalized spacial score (nSPS) is 10.1. The fourth-order valence-electron chi connectivity index (χ4n) is 1.29. The number of rotatable bonds is 4. The Hall–Kier alpha value is -2.21. The Labute approximate surface area is 108 Å². The minimum atomic E-state index is -1.06. The van der Waals surface area contributed by atoms with Crippen molar-refractivity contribution in [2.45, 2.75) is 6.54 Å². The number of hydrogen-bond donors (Lipinski definition) is 2. The number of carboxylic acids is 1. The Morgan fingerprint density at radius 1 is 1.50 bits per heavy atom. The van der Waals surface area contributed by atoms with Gasteiger partial charge in [0.15, 0.2) is 0 Å². The Kier molecular flexibility index (Phi) is 3.69. The number of nitrogens with zero attached hydrogens (tertiary/aromatic N) is 3. The number of aromatic carboxylic acids is 1. The summed E-state index contributed by atoms with van der Waals surface area (Å²) in [6.07, 6.45) is 2.82. The average molecular weight is 265 g/mol. The fourth-order valence-corrected chi connectivity index (χ4v) is 1.52. The van der Waals surface area contributed by atoms with Crippen LogP contribution in [0, 0.1) is 0 Å². The van der Waals surface area contributed by atoms with Crippen LogP contribution in [0.5, 0.6) is 0 Å². The van der Waals surface area contributed by atoms with Gasteiger partial charge in [0.2, 0.25) is 0 Å². The van der Waals surface area contributed by atoms with E-state index in [0.717, 1.165) is 5.69 Å². The highest BCUT2D eigenvalue weighted by Crippen LogP contribution is 2.20. The number of aromatic nitrogens is 3. The molecule has 0 atom stereocenters. The quantitative estimate of drug-likeness (QED) is 0.876. The molecule has 0 saturated heterocycles. The summed E-state index contributed by atoms with van der Waals surface area (Å²) in [5, 5.41) is 19.6. The first kappa shape index (κ1) is 12.3. The molecule has 92 valence electrons. The van der Waals surface area contributed by atoms with E-state index in [0.29, 0.717) is 12.4 Å². The highest BCUT2D eigenvalue weighted by atomic mass is 35.5. The standard InChI is InChI=1S/C11H9ClN4O2/c12-9-4-7(11(17)18)5-13-10(9)14-6-8-2-1-3-15-16-8/h1-5H,6H2,(H,13,14)(H,17,18). The number of anilines is 1. The van der Waals surface area contributed by atoms with Gasteiger partial charge in [0.25, 0.3) is 0 Å². The molecule has 6 nitrogen and oxygen atoms in total. The van der Waals surface area contributed by atoms with Gasteiger partial charge >= 0.3 is 5.97 Å². The Bertz CT molecular complexity index is 562. The average Bonchev–Trinajstić information content (AvgIpc) is 2.38. The van der Waals surface area contributed by atoms with E-state index in [4.69, 9.17) is 16.7 Å². The third-order valence-corrected chi connectivity index (χ3v) is 2.44. The van der Waals surface area contributed by atoms with Crippen molar-refractivity contribution < 1.29 is 9.90 Å². The van der Waals surface area contributed by atoms with Crippen LogP contribution in [0.2, 0.25) is 5.02 Å². The molecule has 0 bridgehead atoms. The third kappa shape index (κ3) is 2.92. The van der Waals surface area contributed by atoms with Crippen molar-refractivity contribution in [1.82, 2.24) is 15.2 Å². The summed E-state index contributed by atoms with van der Waals surface area (Å²) in [7, 11) is 0. The van der Waals surface area contributed by atoms with Crippen LogP contribution >= 0.6 is 11.6 Å². The number of hydrogen-bond acceptors (Lipinski definition) is 5. The first-order chi connectivity index (χ1) is 8.66. The van der Waals surface area contributed by atoms with Crippen molar-refractivity contribution in [1.29, 1.82) is 0 Å². The van der Waals surface area contributed by atoms with Crippen LogP contribution in [0.15, 0.2) is 30.6 Å². The number of nitrogens with one attached hydrogen (secondary N) is 1. The highest BCUT2D eigenvalue weighted by molar-refractivity contribution is 6.33. The van der Waals surface area contributed by atoms with Crippen molar-refractivity contribution in [3.8, 4) is 0 Å². The lowest BCUT2D eigenvalue weighted by molar-refractivity contribution is 0.0696. The molecule has 0 saturated carbocycles. The molecule has 0 spiro atoms. The van der Waals surface area contributed by atoms with Gasteiger partial charge in [-0.3, -0.25) is 0 Å². The van der Waals surface area contributed by atoms with E-state index in [2.05, 4.69) is 20.5 Å². The molecule has 0 radical (unpaired) electrons. The first-order valence-corrected chi connectivity index (χ1v) is 5.44. The van der Waals surface area contributed by atoms with Crippen LogP contribution in [-0.4, -0.2) is 26.3 Å². The molecule has 0 aliphatic rings. The summed E-state index contributed by atoms with van der Waals surface area (Å²) in [4.78, 5) is 14.6. The molecule has 0 unspecified atom stereocenters. The van der Waals surface area contributed by atoms with Gasteiger partial charge in [0.1, 0.15) is 5.82 Å².